The highest BCUT2D eigenvalue weighted by Crippen LogP contribution is 2.22. The van der Waals surface area contributed by atoms with E-state index in [2.05, 4.69) is 10.1 Å². The van der Waals surface area contributed by atoms with Crippen molar-refractivity contribution < 1.29 is 14.1 Å². The lowest BCUT2D eigenvalue weighted by Crippen LogP contribution is -2.48. The van der Waals surface area contributed by atoms with Crippen molar-refractivity contribution in [2.45, 2.75) is 0 Å². The number of carbonyl (C=O) groups excluding carboxylic acids is 1. The average Bonchev–Trinajstić information content (AvgIpc) is 3.18. The van der Waals surface area contributed by atoms with Gasteiger partial charge >= 0.3 is 0 Å². The lowest BCUT2D eigenvalue weighted by atomic mass is 10.2. The van der Waals surface area contributed by atoms with Crippen LogP contribution in [0.15, 0.2) is 34.9 Å². The van der Waals surface area contributed by atoms with Crippen LogP contribution >= 0.6 is 11.6 Å². The van der Waals surface area contributed by atoms with Crippen LogP contribution in [0.1, 0.15) is 10.5 Å². The highest BCUT2D eigenvalue weighted by molar-refractivity contribution is 6.30. The van der Waals surface area contributed by atoms with Crippen LogP contribution in [0.3, 0.4) is 0 Å². The van der Waals surface area contributed by atoms with Crippen molar-refractivity contribution in [1.29, 1.82) is 0 Å². The predicted octanol–water partition coefficient (Wildman–Crippen LogP) is 2.13. The van der Waals surface area contributed by atoms with Crippen LogP contribution < -0.4 is 9.80 Å². The van der Waals surface area contributed by atoms with Crippen molar-refractivity contribution >= 4 is 29.1 Å². The van der Waals surface area contributed by atoms with E-state index in [9.17, 15) is 4.79 Å². The van der Waals surface area contributed by atoms with Crippen LogP contribution in [0.5, 0.6) is 0 Å². The van der Waals surface area contributed by atoms with E-state index in [4.69, 9.17) is 20.9 Å². The molecule has 26 heavy (non-hydrogen) atoms. The maximum absolute atomic E-state index is 12.7. The van der Waals surface area contributed by atoms with Crippen molar-refractivity contribution in [3.63, 3.8) is 0 Å². The summed E-state index contributed by atoms with van der Waals surface area (Å²) in [4.78, 5) is 18.8. The molecular weight excluding hydrogens is 356 g/mol. The molecule has 0 N–H and O–H groups in total. The third-order valence-corrected chi connectivity index (χ3v) is 5.01. The molecule has 3 heterocycles. The van der Waals surface area contributed by atoms with Crippen molar-refractivity contribution in [1.82, 2.24) is 10.1 Å². The Kier molecular flexibility index (Phi) is 4.99. The molecule has 1 aromatic heterocycles. The summed E-state index contributed by atoms with van der Waals surface area (Å²) in [6.45, 7) is 5.64. The first-order valence-electron chi connectivity index (χ1n) is 8.80. The first-order chi connectivity index (χ1) is 12.7. The first kappa shape index (κ1) is 17.2. The van der Waals surface area contributed by atoms with Crippen LogP contribution in [0.2, 0.25) is 5.02 Å². The molecule has 1 amide bonds. The molecule has 1 aromatic carbocycles. The molecule has 2 saturated heterocycles. The van der Waals surface area contributed by atoms with Crippen LogP contribution in [0.4, 0.5) is 11.6 Å². The first-order valence-corrected chi connectivity index (χ1v) is 9.18. The van der Waals surface area contributed by atoms with Gasteiger partial charge in [0.2, 0.25) is 5.88 Å². The highest BCUT2D eigenvalue weighted by Gasteiger charge is 2.26. The SMILES string of the molecule is O=C(c1cc(N2CCOCC2)on1)N1CCN(c2cccc(Cl)c2)CC1. The highest BCUT2D eigenvalue weighted by atomic mass is 35.5. The number of rotatable bonds is 3. The summed E-state index contributed by atoms with van der Waals surface area (Å²) in [5.74, 6) is 0.549. The second kappa shape index (κ2) is 7.55. The second-order valence-corrected chi connectivity index (χ2v) is 6.85. The Labute approximate surface area is 157 Å². The zero-order chi connectivity index (χ0) is 17.9. The molecular formula is C18H21ClN4O3. The van der Waals surface area contributed by atoms with Gasteiger partial charge in [-0.25, -0.2) is 0 Å². The number of hydrogen-bond acceptors (Lipinski definition) is 6. The fraction of sp³-hybridized carbons (Fsp3) is 0.444. The zero-order valence-electron chi connectivity index (χ0n) is 14.4. The molecule has 4 rings (SSSR count). The standard InChI is InChI=1S/C18H21ClN4O3/c19-14-2-1-3-15(12-14)21-4-6-23(7-5-21)18(24)16-13-17(26-20-16)22-8-10-25-11-9-22/h1-3,12-13H,4-11H2. The van der Waals surface area contributed by atoms with Gasteiger partial charge in [0.1, 0.15) is 0 Å². The maximum atomic E-state index is 12.7. The number of hydrogen-bond donors (Lipinski definition) is 0. The average molecular weight is 377 g/mol. The lowest BCUT2D eigenvalue weighted by Gasteiger charge is -2.35. The molecule has 2 aliphatic heterocycles. The molecule has 7 nitrogen and oxygen atoms in total. The van der Waals surface area contributed by atoms with E-state index in [0.29, 0.717) is 37.9 Å². The molecule has 2 aromatic rings. The van der Waals surface area contributed by atoms with Gasteiger partial charge in [-0.05, 0) is 18.2 Å². The third-order valence-electron chi connectivity index (χ3n) is 4.78. The fourth-order valence-electron chi connectivity index (χ4n) is 3.30. The van der Waals surface area contributed by atoms with Crippen LogP contribution in [0.25, 0.3) is 0 Å². The summed E-state index contributed by atoms with van der Waals surface area (Å²) in [6.07, 6.45) is 0. The van der Waals surface area contributed by atoms with Crippen molar-refractivity contribution in [3.8, 4) is 0 Å². The number of benzene rings is 1. The predicted molar refractivity (Wildman–Crippen MR) is 99.1 cm³/mol. The van der Waals surface area contributed by atoms with E-state index >= 15 is 0 Å². The molecule has 0 aliphatic carbocycles. The molecule has 0 unspecified atom stereocenters. The Morgan fingerprint density at radius 3 is 2.50 bits per heavy atom. The Morgan fingerprint density at radius 1 is 1.00 bits per heavy atom. The number of halogens is 1. The van der Waals surface area contributed by atoms with E-state index in [1.165, 1.54) is 0 Å². The normalized spacial score (nSPS) is 18.3. The van der Waals surface area contributed by atoms with Gasteiger partial charge in [0, 0.05) is 56.0 Å². The number of amides is 1. The van der Waals surface area contributed by atoms with Gasteiger partial charge in [0.15, 0.2) is 5.69 Å². The number of ether oxygens (including phenoxy) is 1. The number of morpholine rings is 1. The summed E-state index contributed by atoms with van der Waals surface area (Å²) in [5.41, 5.74) is 1.45. The summed E-state index contributed by atoms with van der Waals surface area (Å²) in [7, 11) is 0. The molecule has 2 fully saturated rings. The zero-order valence-corrected chi connectivity index (χ0v) is 15.2. The number of anilines is 2. The minimum Gasteiger partial charge on any atom is -0.378 e. The Morgan fingerprint density at radius 2 is 1.77 bits per heavy atom. The third kappa shape index (κ3) is 3.64. The van der Waals surface area contributed by atoms with E-state index in [1.54, 1.807) is 6.07 Å². The maximum Gasteiger partial charge on any atom is 0.276 e. The van der Waals surface area contributed by atoms with Gasteiger partial charge in [0.25, 0.3) is 5.91 Å². The number of carbonyl (C=O) groups is 1. The minimum absolute atomic E-state index is 0.0843. The van der Waals surface area contributed by atoms with Crippen molar-refractivity contribution in [3.05, 3.63) is 41.0 Å². The van der Waals surface area contributed by atoms with Crippen molar-refractivity contribution in [2.75, 3.05) is 62.3 Å². The Balaban J connectivity index is 1.37. The molecule has 0 radical (unpaired) electrons. The molecule has 8 heteroatoms. The molecule has 0 atom stereocenters. The van der Waals surface area contributed by atoms with Gasteiger partial charge in [-0.15, -0.1) is 0 Å². The largest absolute Gasteiger partial charge is 0.378 e. The van der Waals surface area contributed by atoms with Crippen molar-refractivity contribution in [2.24, 2.45) is 0 Å². The molecule has 0 saturated carbocycles. The summed E-state index contributed by atoms with van der Waals surface area (Å²) < 4.78 is 10.7. The van der Waals surface area contributed by atoms with E-state index in [0.717, 1.165) is 36.9 Å². The quantitative estimate of drug-likeness (QED) is 0.817. The molecule has 138 valence electrons. The smallest absolute Gasteiger partial charge is 0.276 e. The number of piperazine rings is 1. The number of nitrogens with zero attached hydrogens (tertiary/aromatic N) is 4. The minimum atomic E-state index is -0.0843. The molecule has 0 bridgehead atoms. The van der Waals surface area contributed by atoms with Crippen LogP contribution in [-0.2, 0) is 4.74 Å². The number of aromatic nitrogens is 1. The summed E-state index contributed by atoms with van der Waals surface area (Å²) >= 11 is 6.07. The van der Waals surface area contributed by atoms with Gasteiger partial charge in [-0.3, -0.25) is 4.79 Å². The van der Waals surface area contributed by atoms with E-state index in [-0.39, 0.29) is 5.91 Å². The lowest BCUT2D eigenvalue weighted by molar-refractivity contribution is 0.0736. The fourth-order valence-corrected chi connectivity index (χ4v) is 3.49. The monoisotopic (exact) mass is 376 g/mol. The van der Waals surface area contributed by atoms with Gasteiger partial charge in [-0.2, -0.15) is 0 Å². The van der Waals surface area contributed by atoms with Gasteiger partial charge < -0.3 is 24.0 Å². The van der Waals surface area contributed by atoms with Crippen LogP contribution in [0, 0.1) is 0 Å². The van der Waals surface area contributed by atoms with E-state index in [1.807, 2.05) is 34.1 Å². The Bertz CT molecular complexity index is 767. The van der Waals surface area contributed by atoms with E-state index < -0.39 is 0 Å². The Hall–Kier alpha value is -2.25. The molecule has 2 aliphatic rings. The summed E-state index contributed by atoms with van der Waals surface area (Å²) in [5, 5.41) is 4.70. The second-order valence-electron chi connectivity index (χ2n) is 6.41. The molecule has 0 spiro atoms. The van der Waals surface area contributed by atoms with Crippen LogP contribution in [-0.4, -0.2) is 68.4 Å². The summed E-state index contributed by atoms with van der Waals surface area (Å²) in [6, 6.07) is 9.52. The topological polar surface area (TPSA) is 62.1 Å². The van der Waals surface area contributed by atoms with Gasteiger partial charge in [-0.1, -0.05) is 22.8 Å². The van der Waals surface area contributed by atoms with Gasteiger partial charge in [0.05, 0.1) is 13.2 Å².